The van der Waals surface area contributed by atoms with Gasteiger partial charge in [-0.05, 0) is 53.6 Å². The van der Waals surface area contributed by atoms with Crippen molar-refractivity contribution in [2.45, 2.75) is 13.0 Å². The molecule has 1 fully saturated rings. The third-order valence-corrected chi connectivity index (χ3v) is 5.68. The number of rotatable bonds is 5. The quantitative estimate of drug-likeness (QED) is 0.604. The number of Topliss-reactive ketones (excluding diaryl/α,β-unsaturated/α-hetero) is 1. The number of fused-ring (bicyclic) bond motifs is 1. The summed E-state index contributed by atoms with van der Waals surface area (Å²) >= 11 is 0. The molecule has 0 atom stereocenters. The molecule has 0 bridgehead atoms. The number of anilines is 1. The summed E-state index contributed by atoms with van der Waals surface area (Å²) in [5.74, 6) is 0.908. The Bertz CT molecular complexity index is 1100. The standard InChI is InChI=1S/C26H24N2O3/c29-26-17-25(20-6-9-22(10-7-20)31-18-19-4-2-1-3-5-19)27-24-11-8-21(16-23(24)26)28-12-14-30-15-13-28/h1-11,16H,12-15,17-18H2. The molecule has 5 rings (SSSR count). The van der Waals surface area contributed by atoms with Crippen LogP contribution in [-0.2, 0) is 11.3 Å². The molecule has 5 heteroatoms. The lowest BCUT2D eigenvalue weighted by Crippen LogP contribution is -2.36. The molecule has 0 N–H and O–H groups in total. The van der Waals surface area contributed by atoms with Crippen molar-refractivity contribution in [1.29, 1.82) is 0 Å². The highest BCUT2D eigenvalue weighted by Crippen LogP contribution is 2.32. The van der Waals surface area contributed by atoms with Crippen LogP contribution in [0.25, 0.3) is 0 Å². The van der Waals surface area contributed by atoms with Crippen LogP contribution in [0.4, 0.5) is 11.4 Å². The SMILES string of the molecule is O=C1CC(c2ccc(OCc3ccccc3)cc2)=Nc2ccc(N3CCOCC3)cc21. The molecule has 156 valence electrons. The lowest BCUT2D eigenvalue weighted by molar-refractivity contribution is 0.1000. The van der Waals surface area contributed by atoms with Gasteiger partial charge in [0.2, 0.25) is 0 Å². The Kier molecular flexibility index (Phi) is 5.50. The van der Waals surface area contributed by atoms with Gasteiger partial charge in [-0.25, -0.2) is 0 Å². The van der Waals surface area contributed by atoms with Crippen LogP contribution in [0.3, 0.4) is 0 Å². The van der Waals surface area contributed by atoms with Gasteiger partial charge in [-0.15, -0.1) is 0 Å². The lowest BCUT2D eigenvalue weighted by Gasteiger charge is -2.29. The van der Waals surface area contributed by atoms with Crippen LogP contribution in [0.1, 0.15) is 27.9 Å². The molecule has 0 aromatic heterocycles. The van der Waals surface area contributed by atoms with Crippen molar-refractivity contribution in [2.24, 2.45) is 4.99 Å². The van der Waals surface area contributed by atoms with Crippen molar-refractivity contribution in [3.8, 4) is 5.75 Å². The maximum Gasteiger partial charge on any atom is 0.171 e. The molecule has 3 aromatic rings. The molecule has 2 aliphatic heterocycles. The minimum absolute atomic E-state index is 0.111. The first-order chi connectivity index (χ1) is 15.3. The Morgan fingerprint density at radius 3 is 2.48 bits per heavy atom. The topological polar surface area (TPSA) is 51.1 Å². The van der Waals surface area contributed by atoms with Crippen molar-refractivity contribution in [3.63, 3.8) is 0 Å². The van der Waals surface area contributed by atoms with Crippen LogP contribution in [0.15, 0.2) is 77.8 Å². The summed E-state index contributed by atoms with van der Waals surface area (Å²) in [6, 6.07) is 23.9. The van der Waals surface area contributed by atoms with E-state index >= 15 is 0 Å². The fourth-order valence-electron chi connectivity index (χ4n) is 3.95. The highest BCUT2D eigenvalue weighted by molar-refractivity contribution is 6.21. The van der Waals surface area contributed by atoms with E-state index in [0.29, 0.717) is 18.6 Å². The minimum atomic E-state index is 0.111. The normalized spacial score (nSPS) is 15.9. The molecular weight excluding hydrogens is 388 g/mol. The summed E-state index contributed by atoms with van der Waals surface area (Å²) in [6.45, 7) is 3.66. The Labute approximate surface area is 181 Å². The molecule has 0 amide bonds. The number of morpholine rings is 1. The molecule has 2 aliphatic rings. The van der Waals surface area contributed by atoms with Gasteiger partial charge < -0.3 is 14.4 Å². The van der Waals surface area contributed by atoms with Gasteiger partial charge in [-0.3, -0.25) is 9.79 Å². The molecule has 1 saturated heterocycles. The van der Waals surface area contributed by atoms with E-state index < -0.39 is 0 Å². The van der Waals surface area contributed by atoms with E-state index in [4.69, 9.17) is 14.5 Å². The fraction of sp³-hybridized carbons (Fsp3) is 0.231. The summed E-state index contributed by atoms with van der Waals surface area (Å²) < 4.78 is 11.3. The fourth-order valence-corrected chi connectivity index (χ4v) is 3.95. The van der Waals surface area contributed by atoms with Gasteiger partial charge in [-0.2, -0.15) is 0 Å². The number of nitrogens with zero attached hydrogens (tertiary/aromatic N) is 2. The third-order valence-electron chi connectivity index (χ3n) is 5.68. The first-order valence-corrected chi connectivity index (χ1v) is 10.6. The molecule has 5 nitrogen and oxygen atoms in total. The van der Waals surface area contributed by atoms with Gasteiger partial charge in [0.1, 0.15) is 12.4 Å². The summed E-state index contributed by atoms with van der Waals surface area (Å²) in [4.78, 5) is 19.9. The molecule has 0 radical (unpaired) electrons. The van der Waals surface area contributed by atoms with Crippen LogP contribution >= 0.6 is 0 Å². The number of benzene rings is 3. The van der Waals surface area contributed by atoms with E-state index in [-0.39, 0.29) is 5.78 Å². The summed E-state index contributed by atoms with van der Waals surface area (Å²) in [5, 5.41) is 0. The molecule has 0 saturated carbocycles. The number of hydrogen-bond donors (Lipinski definition) is 0. The van der Waals surface area contributed by atoms with Crippen molar-refractivity contribution in [2.75, 3.05) is 31.2 Å². The average molecular weight is 412 g/mol. The smallest absolute Gasteiger partial charge is 0.171 e. The number of ether oxygens (including phenoxy) is 2. The second kappa shape index (κ2) is 8.74. The van der Waals surface area contributed by atoms with E-state index in [1.54, 1.807) is 0 Å². The average Bonchev–Trinajstić information content (AvgIpc) is 2.84. The molecule has 0 spiro atoms. The van der Waals surface area contributed by atoms with Gasteiger partial charge in [-0.1, -0.05) is 30.3 Å². The number of carbonyl (C=O) groups excluding carboxylic acids is 1. The Hall–Kier alpha value is -3.44. The van der Waals surface area contributed by atoms with Crippen molar-refractivity contribution in [1.82, 2.24) is 0 Å². The van der Waals surface area contributed by atoms with Gasteiger partial charge in [0.05, 0.1) is 31.0 Å². The molecule has 0 unspecified atom stereocenters. The monoisotopic (exact) mass is 412 g/mol. The number of aliphatic imine (C=N–C) groups is 1. The van der Waals surface area contributed by atoms with E-state index in [2.05, 4.69) is 4.90 Å². The molecular formula is C26H24N2O3. The van der Waals surface area contributed by atoms with Crippen molar-refractivity contribution >= 4 is 22.9 Å². The Morgan fingerprint density at radius 1 is 0.935 bits per heavy atom. The molecule has 3 aromatic carbocycles. The highest BCUT2D eigenvalue weighted by atomic mass is 16.5. The van der Waals surface area contributed by atoms with Gasteiger partial charge in [0, 0.05) is 24.3 Å². The zero-order chi connectivity index (χ0) is 21.0. The van der Waals surface area contributed by atoms with Gasteiger partial charge in [0.25, 0.3) is 0 Å². The van der Waals surface area contributed by atoms with E-state index in [0.717, 1.165) is 60.3 Å². The van der Waals surface area contributed by atoms with Crippen molar-refractivity contribution in [3.05, 3.63) is 89.5 Å². The molecule has 2 heterocycles. The van der Waals surface area contributed by atoms with Crippen LogP contribution in [-0.4, -0.2) is 37.8 Å². The number of ketones is 1. The molecule has 0 aliphatic carbocycles. The van der Waals surface area contributed by atoms with E-state index in [9.17, 15) is 4.79 Å². The first kappa shape index (κ1) is 19.5. The van der Waals surface area contributed by atoms with Crippen LogP contribution in [0.2, 0.25) is 0 Å². The second-order valence-electron chi connectivity index (χ2n) is 7.76. The molecule has 31 heavy (non-hydrogen) atoms. The predicted molar refractivity (Wildman–Crippen MR) is 122 cm³/mol. The van der Waals surface area contributed by atoms with Crippen LogP contribution < -0.4 is 9.64 Å². The van der Waals surface area contributed by atoms with Gasteiger partial charge >= 0.3 is 0 Å². The van der Waals surface area contributed by atoms with Crippen LogP contribution in [0, 0.1) is 0 Å². The zero-order valence-electron chi connectivity index (χ0n) is 17.3. The highest BCUT2D eigenvalue weighted by Gasteiger charge is 2.23. The largest absolute Gasteiger partial charge is 0.489 e. The van der Waals surface area contributed by atoms with E-state index in [1.165, 1.54) is 0 Å². The number of hydrogen-bond acceptors (Lipinski definition) is 5. The summed E-state index contributed by atoms with van der Waals surface area (Å²) in [6.07, 6.45) is 0.309. The maximum absolute atomic E-state index is 12.9. The Morgan fingerprint density at radius 2 is 1.71 bits per heavy atom. The number of carbonyl (C=O) groups is 1. The summed E-state index contributed by atoms with van der Waals surface area (Å²) in [7, 11) is 0. The Balaban J connectivity index is 1.32. The first-order valence-electron chi connectivity index (χ1n) is 10.6. The van der Waals surface area contributed by atoms with Crippen LogP contribution in [0.5, 0.6) is 5.75 Å². The van der Waals surface area contributed by atoms with E-state index in [1.807, 2.05) is 72.8 Å². The lowest BCUT2D eigenvalue weighted by atomic mass is 9.95. The summed E-state index contributed by atoms with van der Waals surface area (Å²) in [5.41, 5.74) is 5.38. The van der Waals surface area contributed by atoms with Gasteiger partial charge in [0.15, 0.2) is 5.78 Å². The predicted octanol–water partition coefficient (Wildman–Crippen LogP) is 4.81. The minimum Gasteiger partial charge on any atom is -0.489 e. The van der Waals surface area contributed by atoms with Crippen molar-refractivity contribution < 1.29 is 14.3 Å². The zero-order valence-corrected chi connectivity index (χ0v) is 17.3. The third kappa shape index (κ3) is 4.37. The second-order valence-corrected chi connectivity index (χ2v) is 7.76. The maximum atomic E-state index is 12.9.